The molecule has 0 aliphatic rings. The highest BCUT2D eigenvalue weighted by atomic mass is 32.2. The standard InChI is InChI=1S/C9H13NO4S/c1-7(6-11)10-8-2-4-9(5-3-8)15(12,13)14/h2-5,7,10-11H,6H2,1H3,(H,12,13,14). The van der Waals surface area contributed by atoms with E-state index in [1.807, 2.05) is 0 Å². The van der Waals surface area contributed by atoms with Crippen molar-refractivity contribution in [3.63, 3.8) is 0 Å². The highest BCUT2D eigenvalue weighted by molar-refractivity contribution is 7.85. The predicted molar refractivity (Wildman–Crippen MR) is 56.4 cm³/mol. The molecule has 1 rings (SSSR count). The summed E-state index contributed by atoms with van der Waals surface area (Å²) >= 11 is 0. The summed E-state index contributed by atoms with van der Waals surface area (Å²) in [5.74, 6) is 0. The van der Waals surface area contributed by atoms with Crippen LogP contribution in [0.2, 0.25) is 0 Å². The van der Waals surface area contributed by atoms with Gasteiger partial charge in [-0.1, -0.05) is 0 Å². The third kappa shape index (κ3) is 3.50. The van der Waals surface area contributed by atoms with Crippen LogP contribution < -0.4 is 5.32 Å². The van der Waals surface area contributed by atoms with E-state index in [4.69, 9.17) is 9.66 Å². The third-order valence-electron chi connectivity index (χ3n) is 1.84. The molecule has 5 nitrogen and oxygen atoms in total. The molecule has 1 aromatic rings. The predicted octanol–water partition coefficient (Wildman–Crippen LogP) is 0.726. The minimum atomic E-state index is -4.13. The second kappa shape index (κ2) is 4.61. The van der Waals surface area contributed by atoms with Crippen LogP contribution in [-0.4, -0.2) is 30.7 Å². The average Bonchev–Trinajstić information content (AvgIpc) is 2.17. The Balaban J connectivity index is 2.82. The quantitative estimate of drug-likeness (QED) is 0.665. The van der Waals surface area contributed by atoms with Gasteiger partial charge in [-0.15, -0.1) is 0 Å². The van der Waals surface area contributed by atoms with Crippen LogP contribution in [0.1, 0.15) is 6.92 Å². The molecule has 6 heteroatoms. The first-order chi connectivity index (χ1) is 6.93. The van der Waals surface area contributed by atoms with Gasteiger partial charge in [0.2, 0.25) is 0 Å². The van der Waals surface area contributed by atoms with Gasteiger partial charge in [-0.05, 0) is 31.2 Å². The Labute approximate surface area is 88.5 Å². The van der Waals surface area contributed by atoms with Crippen molar-refractivity contribution in [2.45, 2.75) is 17.9 Å². The molecule has 1 aromatic carbocycles. The van der Waals surface area contributed by atoms with Crippen molar-refractivity contribution in [2.24, 2.45) is 0 Å². The number of hydrogen-bond acceptors (Lipinski definition) is 4. The van der Waals surface area contributed by atoms with E-state index >= 15 is 0 Å². The summed E-state index contributed by atoms with van der Waals surface area (Å²) < 4.78 is 30.2. The lowest BCUT2D eigenvalue weighted by Crippen LogP contribution is -2.19. The van der Waals surface area contributed by atoms with Crippen molar-refractivity contribution in [1.82, 2.24) is 0 Å². The molecular formula is C9H13NO4S. The molecule has 0 fully saturated rings. The van der Waals surface area contributed by atoms with Gasteiger partial charge in [-0.3, -0.25) is 4.55 Å². The number of hydrogen-bond donors (Lipinski definition) is 3. The smallest absolute Gasteiger partial charge is 0.294 e. The van der Waals surface area contributed by atoms with E-state index in [1.54, 1.807) is 6.92 Å². The van der Waals surface area contributed by atoms with E-state index in [1.165, 1.54) is 24.3 Å². The largest absolute Gasteiger partial charge is 0.394 e. The molecule has 84 valence electrons. The van der Waals surface area contributed by atoms with Gasteiger partial charge < -0.3 is 10.4 Å². The molecule has 15 heavy (non-hydrogen) atoms. The lowest BCUT2D eigenvalue weighted by molar-refractivity contribution is 0.281. The maximum Gasteiger partial charge on any atom is 0.294 e. The van der Waals surface area contributed by atoms with Gasteiger partial charge >= 0.3 is 0 Å². The Hall–Kier alpha value is -1.11. The van der Waals surface area contributed by atoms with Gasteiger partial charge in [0.25, 0.3) is 10.1 Å². The normalized spacial score (nSPS) is 13.5. The van der Waals surface area contributed by atoms with Crippen LogP contribution in [0.4, 0.5) is 5.69 Å². The van der Waals surface area contributed by atoms with Gasteiger partial charge in [0.05, 0.1) is 11.5 Å². The molecule has 0 bridgehead atoms. The summed E-state index contributed by atoms with van der Waals surface area (Å²) in [5.41, 5.74) is 0.684. The topological polar surface area (TPSA) is 86.6 Å². The second-order valence-corrected chi connectivity index (χ2v) is 4.65. The number of aliphatic hydroxyl groups is 1. The molecule has 0 saturated heterocycles. The van der Waals surface area contributed by atoms with E-state index < -0.39 is 10.1 Å². The molecule has 1 atom stereocenters. The number of aliphatic hydroxyl groups excluding tert-OH is 1. The fraction of sp³-hybridized carbons (Fsp3) is 0.333. The first-order valence-corrected chi connectivity index (χ1v) is 5.82. The van der Waals surface area contributed by atoms with Crippen LogP contribution in [-0.2, 0) is 10.1 Å². The Bertz CT molecular complexity index is 412. The molecule has 0 amide bonds. The van der Waals surface area contributed by atoms with Crippen molar-refractivity contribution < 1.29 is 18.1 Å². The fourth-order valence-electron chi connectivity index (χ4n) is 1.05. The Morgan fingerprint density at radius 3 is 2.27 bits per heavy atom. The van der Waals surface area contributed by atoms with Gasteiger partial charge in [0.15, 0.2) is 0 Å². The van der Waals surface area contributed by atoms with Crippen LogP contribution >= 0.6 is 0 Å². The Morgan fingerprint density at radius 2 is 1.87 bits per heavy atom. The first kappa shape index (κ1) is 12.0. The SMILES string of the molecule is CC(CO)Nc1ccc(S(=O)(=O)O)cc1. The number of rotatable bonds is 4. The van der Waals surface area contributed by atoms with Gasteiger partial charge in [-0.2, -0.15) is 8.42 Å². The van der Waals surface area contributed by atoms with Gasteiger partial charge in [0, 0.05) is 11.7 Å². The monoisotopic (exact) mass is 231 g/mol. The zero-order chi connectivity index (χ0) is 11.5. The maximum absolute atomic E-state index is 10.7. The van der Waals surface area contributed by atoms with E-state index in [2.05, 4.69) is 5.32 Å². The molecule has 0 aliphatic carbocycles. The van der Waals surface area contributed by atoms with Crippen LogP contribution in [0.25, 0.3) is 0 Å². The molecular weight excluding hydrogens is 218 g/mol. The second-order valence-electron chi connectivity index (χ2n) is 3.23. The van der Waals surface area contributed by atoms with Gasteiger partial charge in [-0.25, -0.2) is 0 Å². The Kier molecular flexibility index (Phi) is 3.67. The lowest BCUT2D eigenvalue weighted by Gasteiger charge is -2.12. The van der Waals surface area contributed by atoms with Crippen molar-refractivity contribution >= 4 is 15.8 Å². The van der Waals surface area contributed by atoms with E-state index in [-0.39, 0.29) is 17.5 Å². The zero-order valence-corrected chi connectivity index (χ0v) is 9.03. The molecule has 0 aromatic heterocycles. The van der Waals surface area contributed by atoms with Crippen LogP contribution in [0.15, 0.2) is 29.2 Å². The summed E-state index contributed by atoms with van der Waals surface area (Å²) in [4.78, 5) is -0.148. The van der Waals surface area contributed by atoms with E-state index in [0.717, 1.165) is 0 Å². The van der Waals surface area contributed by atoms with Crippen molar-refractivity contribution in [3.8, 4) is 0 Å². The average molecular weight is 231 g/mol. The molecule has 0 radical (unpaired) electrons. The molecule has 0 spiro atoms. The summed E-state index contributed by atoms with van der Waals surface area (Å²) in [5, 5.41) is 11.7. The molecule has 3 N–H and O–H groups in total. The minimum absolute atomic E-state index is 0.0138. The lowest BCUT2D eigenvalue weighted by atomic mass is 10.3. The van der Waals surface area contributed by atoms with Crippen molar-refractivity contribution in [2.75, 3.05) is 11.9 Å². The van der Waals surface area contributed by atoms with E-state index in [0.29, 0.717) is 5.69 Å². The van der Waals surface area contributed by atoms with Gasteiger partial charge in [0.1, 0.15) is 0 Å². The van der Waals surface area contributed by atoms with Crippen LogP contribution in [0.5, 0.6) is 0 Å². The fourth-order valence-corrected chi connectivity index (χ4v) is 1.53. The molecule has 1 unspecified atom stereocenters. The molecule has 0 heterocycles. The third-order valence-corrected chi connectivity index (χ3v) is 2.71. The van der Waals surface area contributed by atoms with Crippen molar-refractivity contribution in [3.05, 3.63) is 24.3 Å². The Morgan fingerprint density at radius 1 is 1.33 bits per heavy atom. The summed E-state index contributed by atoms with van der Waals surface area (Å²) in [6.07, 6.45) is 0. The maximum atomic E-state index is 10.7. The highest BCUT2D eigenvalue weighted by Gasteiger charge is 2.08. The number of benzene rings is 1. The van der Waals surface area contributed by atoms with Crippen molar-refractivity contribution in [1.29, 1.82) is 0 Å². The summed E-state index contributed by atoms with van der Waals surface area (Å²) in [6, 6.07) is 5.52. The number of anilines is 1. The molecule has 0 saturated carbocycles. The van der Waals surface area contributed by atoms with Crippen LogP contribution in [0.3, 0.4) is 0 Å². The van der Waals surface area contributed by atoms with Crippen LogP contribution in [0, 0.1) is 0 Å². The van der Waals surface area contributed by atoms with E-state index in [9.17, 15) is 8.42 Å². The zero-order valence-electron chi connectivity index (χ0n) is 8.21. The number of nitrogens with one attached hydrogen (secondary N) is 1. The molecule has 0 aliphatic heterocycles. The summed E-state index contributed by atoms with van der Waals surface area (Å²) in [6.45, 7) is 1.77. The highest BCUT2D eigenvalue weighted by Crippen LogP contribution is 2.14. The minimum Gasteiger partial charge on any atom is -0.394 e. The first-order valence-electron chi connectivity index (χ1n) is 4.38. The summed E-state index contributed by atoms with van der Waals surface area (Å²) in [7, 11) is -4.13.